The molecule has 0 aromatic carbocycles. The number of nitrogens with zero attached hydrogens (tertiary/aromatic N) is 2. The lowest BCUT2D eigenvalue weighted by Crippen LogP contribution is -2.19. The molecule has 4 aromatic heterocycles. The van der Waals surface area contributed by atoms with Crippen LogP contribution in [-0.4, -0.2) is 39.2 Å². The zero-order chi connectivity index (χ0) is 31.7. The second-order valence-corrected chi connectivity index (χ2v) is 32.4. The highest BCUT2D eigenvalue weighted by molar-refractivity contribution is 8.00. The van der Waals surface area contributed by atoms with Crippen molar-refractivity contribution in [3.05, 3.63) is 35.0 Å². The van der Waals surface area contributed by atoms with Crippen LogP contribution in [0.3, 0.4) is 0 Å². The number of thioether (sulfide) groups is 4. The molecule has 0 unspecified atom stereocenters. The number of thiophene rings is 4. The minimum absolute atomic E-state index is 0.572. The molecule has 0 aliphatic rings. The Balaban J connectivity index is 1.77. The molecule has 0 aliphatic heterocycles. The van der Waals surface area contributed by atoms with E-state index in [4.69, 9.17) is 10.5 Å². The van der Waals surface area contributed by atoms with Gasteiger partial charge in [0.05, 0.1) is 31.6 Å². The predicted molar refractivity (Wildman–Crippen MR) is 214 cm³/mol. The van der Waals surface area contributed by atoms with Crippen LogP contribution in [0.4, 0.5) is 0 Å². The normalized spacial score (nSPS) is 12.0. The molecule has 0 bridgehead atoms. The lowest BCUT2D eigenvalue weighted by atomic mass is 10.3. The molecule has 12 heteroatoms. The first-order valence-electron chi connectivity index (χ1n) is 14.7. The Kier molecular flexibility index (Phi) is 14.2. The maximum atomic E-state index is 9.09. The van der Waals surface area contributed by atoms with Gasteiger partial charge in [0.15, 0.2) is 0 Å². The van der Waals surface area contributed by atoms with Gasteiger partial charge in [-0.05, 0) is 58.6 Å². The van der Waals surface area contributed by atoms with Crippen LogP contribution in [0.2, 0.25) is 51.4 Å². The quantitative estimate of drug-likeness (QED) is 0.0606. The molecule has 4 aromatic rings. The lowest BCUT2D eigenvalue weighted by Gasteiger charge is -2.15. The van der Waals surface area contributed by atoms with E-state index >= 15 is 0 Å². The van der Waals surface area contributed by atoms with Crippen molar-refractivity contribution in [2.24, 2.45) is 0 Å². The van der Waals surface area contributed by atoms with Crippen molar-refractivity contribution < 1.29 is 0 Å². The largest absolute Gasteiger partial charge is 0.198 e. The molecule has 0 spiro atoms. The minimum atomic E-state index is -1.14. The molecule has 0 saturated heterocycles. The highest BCUT2D eigenvalue weighted by Gasteiger charge is 2.24. The summed E-state index contributed by atoms with van der Waals surface area (Å²) in [5.74, 6) is 3.98. The van der Waals surface area contributed by atoms with Crippen LogP contribution < -0.4 is 0 Å². The Bertz CT molecular complexity index is 1470. The molecule has 0 radical (unpaired) electrons. The number of rotatable bonds is 17. The molecule has 4 heterocycles. The molecule has 0 N–H and O–H groups in total. The summed E-state index contributed by atoms with van der Waals surface area (Å²) in [6, 6.07) is 16.6. The van der Waals surface area contributed by atoms with E-state index in [1.165, 1.54) is 60.9 Å². The fourth-order valence-electron chi connectivity index (χ4n) is 4.03. The van der Waals surface area contributed by atoms with Crippen LogP contribution in [0.5, 0.6) is 0 Å². The third-order valence-electron chi connectivity index (χ3n) is 6.47. The Morgan fingerprint density at radius 3 is 1.32 bits per heavy atom. The van der Waals surface area contributed by atoms with Gasteiger partial charge in [-0.15, -0.1) is 92.4 Å². The first-order chi connectivity index (χ1) is 21.0. The van der Waals surface area contributed by atoms with Gasteiger partial charge < -0.3 is 0 Å². The number of hydrogen-bond acceptors (Lipinski definition) is 10. The second-order valence-electron chi connectivity index (χ2n) is 12.7. The monoisotopic (exact) mass is 764 g/mol. The maximum Gasteiger partial charge on any atom is 0.0630 e. The first kappa shape index (κ1) is 36.4. The zero-order valence-electron chi connectivity index (χ0n) is 26.3. The Labute approximate surface area is 299 Å². The summed E-state index contributed by atoms with van der Waals surface area (Å²) in [4.78, 5) is 13.7. The summed E-state index contributed by atoms with van der Waals surface area (Å²) in [7, 11) is -2.29. The highest BCUT2D eigenvalue weighted by atomic mass is 32.2. The molecule has 0 saturated carbocycles. The van der Waals surface area contributed by atoms with Gasteiger partial charge in [0.1, 0.15) is 0 Å². The fraction of sp³-hybridized carbons (Fsp3) is 0.438. The third kappa shape index (κ3) is 10.8. The molecule has 2 nitrogen and oxygen atoms in total. The van der Waals surface area contributed by atoms with Crippen molar-refractivity contribution in [2.75, 3.05) is 23.0 Å². The van der Waals surface area contributed by atoms with Crippen LogP contribution >= 0.6 is 92.4 Å². The Hall–Kier alpha value is -0.386. The molecule has 234 valence electrons. The van der Waals surface area contributed by atoms with E-state index in [2.05, 4.69) is 86.4 Å². The van der Waals surface area contributed by atoms with E-state index in [1.54, 1.807) is 0 Å². The van der Waals surface area contributed by atoms with Crippen LogP contribution in [0.15, 0.2) is 54.6 Å². The third-order valence-corrected chi connectivity index (χ3v) is 20.0. The molecule has 0 fully saturated rings. The summed E-state index contributed by atoms with van der Waals surface area (Å²) < 4.78 is 0. The van der Waals surface area contributed by atoms with E-state index in [1.807, 2.05) is 92.4 Å². The van der Waals surface area contributed by atoms with E-state index in [-0.39, 0.29) is 0 Å². The SMILES string of the molecule is C[Si](C)(C)CCSc1cc(-c2sccc2SCCC#N)sc1-c1sc(-c2sccc2SCCC#N)cc1SCC[Si](C)(C)C. The Morgan fingerprint density at radius 1 is 0.568 bits per heavy atom. The zero-order valence-corrected chi connectivity index (χ0v) is 34.8. The van der Waals surface area contributed by atoms with Gasteiger partial charge in [-0.1, -0.05) is 39.3 Å². The summed E-state index contributed by atoms with van der Waals surface area (Å²) in [6.07, 6.45) is 1.14. The van der Waals surface area contributed by atoms with Crippen LogP contribution in [0.1, 0.15) is 12.8 Å². The second kappa shape index (κ2) is 17.1. The molecule has 0 atom stereocenters. The molecule has 44 heavy (non-hydrogen) atoms. The molecule has 4 rings (SSSR count). The smallest absolute Gasteiger partial charge is 0.0630 e. The molecular formula is C32H40N2S8Si2. The van der Waals surface area contributed by atoms with E-state index in [0.717, 1.165) is 23.0 Å². The van der Waals surface area contributed by atoms with Gasteiger partial charge in [-0.2, -0.15) is 10.5 Å². The van der Waals surface area contributed by atoms with Gasteiger partial charge in [-0.3, -0.25) is 0 Å². The molecule has 0 amide bonds. The van der Waals surface area contributed by atoms with Crippen molar-refractivity contribution in [1.82, 2.24) is 0 Å². The lowest BCUT2D eigenvalue weighted by molar-refractivity contribution is 1.24. The van der Waals surface area contributed by atoms with Gasteiger partial charge in [0, 0.05) is 69.8 Å². The van der Waals surface area contributed by atoms with Crippen LogP contribution in [0, 0.1) is 22.7 Å². The number of nitriles is 2. The highest BCUT2D eigenvalue weighted by Crippen LogP contribution is 2.53. The summed E-state index contributed by atoms with van der Waals surface area (Å²) in [5, 5.41) is 22.6. The van der Waals surface area contributed by atoms with E-state index in [0.29, 0.717) is 12.8 Å². The van der Waals surface area contributed by atoms with Gasteiger partial charge in [-0.25, -0.2) is 0 Å². The van der Waals surface area contributed by atoms with Crippen molar-refractivity contribution in [3.8, 4) is 41.4 Å². The van der Waals surface area contributed by atoms with E-state index < -0.39 is 16.1 Å². The summed E-state index contributed by atoms with van der Waals surface area (Å²) >= 11 is 15.3. The van der Waals surface area contributed by atoms with Crippen molar-refractivity contribution in [2.45, 2.75) is 83.8 Å². The van der Waals surface area contributed by atoms with Crippen LogP contribution in [0.25, 0.3) is 29.3 Å². The minimum Gasteiger partial charge on any atom is -0.198 e. The average Bonchev–Trinajstić information content (AvgIpc) is 3.74. The molecule has 0 aliphatic carbocycles. The Morgan fingerprint density at radius 2 is 0.955 bits per heavy atom. The fourth-order valence-corrected chi connectivity index (χ4v) is 18.6. The summed E-state index contributed by atoms with van der Waals surface area (Å²) in [5.41, 5.74) is 0. The standard InChI is InChI=1S/C32H40N2S8Si2/c1-43(2,3)19-17-37-25-21-27(29-23(9-15-39-29)35-13-7-11-33)41-31(25)32-26(38-18-20-44(4,5)6)22-28(42-32)30-24(10-16-40-30)36-14-8-12-34/h9-10,15-16,21-22H,7-8,13-14,17-20H2,1-6H3. The van der Waals surface area contributed by atoms with Crippen molar-refractivity contribution >= 4 is 109 Å². The topological polar surface area (TPSA) is 47.6 Å². The van der Waals surface area contributed by atoms with Gasteiger partial charge >= 0.3 is 0 Å². The van der Waals surface area contributed by atoms with Gasteiger partial charge in [0.2, 0.25) is 0 Å². The van der Waals surface area contributed by atoms with Crippen molar-refractivity contribution in [1.29, 1.82) is 10.5 Å². The van der Waals surface area contributed by atoms with Gasteiger partial charge in [0.25, 0.3) is 0 Å². The maximum absolute atomic E-state index is 9.09. The van der Waals surface area contributed by atoms with Crippen molar-refractivity contribution in [3.63, 3.8) is 0 Å². The first-order valence-corrected chi connectivity index (χ1v) is 29.4. The van der Waals surface area contributed by atoms with E-state index in [9.17, 15) is 0 Å². The predicted octanol–water partition coefficient (Wildman–Crippen LogP) is 13.8. The molecular weight excluding hydrogens is 725 g/mol. The van der Waals surface area contributed by atoms with Crippen LogP contribution in [-0.2, 0) is 0 Å². The summed E-state index contributed by atoms with van der Waals surface area (Å²) in [6.45, 7) is 14.8. The number of hydrogen-bond donors (Lipinski definition) is 0. The average molecular weight is 765 g/mol.